The number of benzene rings is 1. The van der Waals surface area contributed by atoms with E-state index in [1.54, 1.807) is 12.3 Å². The molecule has 0 saturated heterocycles. The summed E-state index contributed by atoms with van der Waals surface area (Å²) in [7, 11) is 0. The van der Waals surface area contributed by atoms with E-state index >= 15 is 0 Å². The first-order chi connectivity index (χ1) is 8.25. The molecule has 0 unspecified atom stereocenters. The van der Waals surface area contributed by atoms with Crippen LogP contribution in [0.4, 0.5) is 0 Å². The molecule has 1 aliphatic carbocycles. The monoisotopic (exact) mass is 226 g/mol. The minimum atomic E-state index is 0.276. The van der Waals surface area contributed by atoms with Crippen molar-refractivity contribution in [3.05, 3.63) is 48.3 Å². The van der Waals surface area contributed by atoms with Gasteiger partial charge in [-0.2, -0.15) is 0 Å². The second-order valence-corrected chi connectivity index (χ2v) is 4.49. The molecule has 17 heavy (non-hydrogen) atoms. The van der Waals surface area contributed by atoms with E-state index in [9.17, 15) is 5.11 Å². The van der Waals surface area contributed by atoms with Gasteiger partial charge in [-0.1, -0.05) is 24.3 Å². The predicted octanol–water partition coefficient (Wildman–Crippen LogP) is 2.27. The molecule has 3 N–H and O–H groups in total. The standard InChI is InChI=1S/C14H14N2O/c15-12-7-11(12)13-6-5-9(8-16-13)10-3-1-2-4-14(10)17/h1-6,8,11-12,17H,7,15H2/t11-,12+/m1/s1. The van der Waals surface area contributed by atoms with Gasteiger partial charge in [0, 0.05) is 35.0 Å². The lowest BCUT2D eigenvalue weighted by atomic mass is 10.1. The zero-order valence-electron chi connectivity index (χ0n) is 9.38. The maximum Gasteiger partial charge on any atom is 0.123 e. The Morgan fingerprint density at radius 2 is 1.94 bits per heavy atom. The third kappa shape index (κ3) is 1.89. The Morgan fingerprint density at radius 1 is 1.18 bits per heavy atom. The van der Waals surface area contributed by atoms with Crippen molar-refractivity contribution in [2.24, 2.45) is 5.73 Å². The maximum absolute atomic E-state index is 9.75. The van der Waals surface area contributed by atoms with Gasteiger partial charge in [0.05, 0.1) is 0 Å². The molecule has 3 rings (SSSR count). The number of rotatable bonds is 2. The largest absolute Gasteiger partial charge is 0.507 e. The molecule has 1 aliphatic rings. The van der Waals surface area contributed by atoms with Gasteiger partial charge in [-0.05, 0) is 18.6 Å². The van der Waals surface area contributed by atoms with E-state index in [4.69, 9.17) is 5.73 Å². The minimum absolute atomic E-state index is 0.276. The van der Waals surface area contributed by atoms with Crippen molar-refractivity contribution in [2.45, 2.75) is 18.4 Å². The highest BCUT2D eigenvalue weighted by atomic mass is 16.3. The van der Waals surface area contributed by atoms with Crippen LogP contribution in [0.5, 0.6) is 5.75 Å². The molecule has 86 valence electrons. The summed E-state index contributed by atoms with van der Waals surface area (Å²) in [6.45, 7) is 0. The van der Waals surface area contributed by atoms with E-state index in [-0.39, 0.29) is 11.8 Å². The Hall–Kier alpha value is -1.87. The van der Waals surface area contributed by atoms with Crippen molar-refractivity contribution in [1.82, 2.24) is 4.98 Å². The first kappa shape index (κ1) is 10.3. The molecular formula is C14H14N2O. The van der Waals surface area contributed by atoms with E-state index in [1.807, 2.05) is 30.3 Å². The highest BCUT2D eigenvalue weighted by molar-refractivity contribution is 5.69. The summed E-state index contributed by atoms with van der Waals surface area (Å²) in [6.07, 6.45) is 2.83. The number of para-hydroxylation sites is 1. The van der Waals surface area contributed by atoms with Gasteiger partial charge in [0.15, 0.2) is 0 Å². The molecule has 3 nitrogen and oxygen atoms in total. The second kappa shape index (κ2) is 3.86. The van der Waals surface area contributed by atoms with Crippen molar-refractivity contribution in [2.75, 3.05) is 0 Å². The zero-order chi connectivity index (χ0) is 11.8. The third-order valence-electron chi connectivity index (χ3n) is 3.22. The van der Waals surface area contributed by atoms with E-state index in [1.165, 1.54) is 0 Å². The fourth-order valence-corrected chi connectivity index (χ4v) is 2.06. The van der Waals surface area contributed by atoms with Crippen LogP contribution in [0.25, 0.3) is 11.1 Å². The number of pyridine rings is 1. The van der Waals surface area contributed by atoms with E-state index in [0.717, 1.165) is 23.2 Å². The zero-order valence-corrected chi connectivity index (χ0v) is 9.38. The topological polar surface area (TPSA) is 59.1 Å². The molecule has 0 amide bonds. The molecule has 1 fully saturated rings. The predicted molar refractivity (Wildman–Crippen MR) is 66.7 cm³/mol. The molecule has 1 aromatic carbocycles. The molecule has 1 saturated carbocycles. The average Bonchev–Trinajstić information content (AvgIpc) is 3.07. The van der Waals surface area contributed by atoms with Crippen LogP contribution in [0.1, 0.15) is 18.0 Å². The highest BCUT2D eigenvalue weighted by Gasteiger charge is 2.35. The average molecular weight is 226 g/mol. The summed E-state index contributed by atoms with van der Waals surface area (Å²) in [6, 6.07) is 11.5. The van der Waals surface area contributed by atoms with Crippen LogP contribution in [0.3, 0.4) is 0 Å². The molecule has 1 heterocycles. The fourth-order valence-electron chi connectivity index (χ4n) is 2.06. The number of aromatic hydroxyl groups is 1. The molecule has 0 aliphatic heterocycles. The first-order valence-corrected chi connectivity index (χ1v) is 5.75. The summed E-state index contributed by atoms with van der Waals surface area (Å²) in [5.41, 5.74) is 8.59. The quantitative estimate of drug-likeness (QED) is 0.825. The van der Waals surface area contributed by atoms with Crippen LogP contribution in [-0.4, -0.2) is 16.1 Å². The number of phenolic OH excluding ortho intramolecular Hbond substituents is 1. The Kier molecular flexibility index (Phi) is 2.34. The van der Waals surface area contributed by atoms with E-state index < -0.39 is 0 Å². The summed E-state index contributed by atoms with van der Waals surface area (Å²) < 4.78 is 0. The SMILES string of the molecule is N[C@H]1C[C@H]1c1ccc(-c2ccccc2O)cn1. The first-order valence-electron chi connectivity index (χ1n) is 5.75. The summed E-state index contributed by atoms with van der Waals surface area (Å²) >= 11 is 0. The van der Waals surface area contributed by atoms with Crippen molar-refractivity contribution in [3.63, 3.8) is 0 Å². The minimum Gasteiger partial charge on any atom is -0.507 e. The third-order valence-corrected chi connectivity index (χ3v) is 3.22. The lowest BCUT2D eigenvalue weighted by molar-refractivity contribution is 0.477. The molecule has 0 radical (unpaired) electrons. The van der Waals surface area contributed by atoms with Crippen LogP contribution >= 0.6 is 0 Å². The summed E-state index contributed by atoms with van der Waals surface area (Å²) in [5.74, 6) is 0.707. The lowest BCUT2D eigenvalue weighted by Gasteiger charge is -2.05. The molecule has 0 bridgehead atoms. The van der Waals surface area contributed by atoms with Gasteiger partial charge < -0.3 is 10.8 Å². The maximum atomic E-state index is 9.75. The normalized spacial score (nSPS) is 22.4. The summed E-state index contributed by atoms with van der Waals surface area (Å²) in [5, 5.41) is 9.75. The smallest absolute Gasteiger partial charge is 0.123 e. The Labute approximate surface area is 99.9 Å². The van der Waals surface area contributed by atoms with Crippen LogP contribution in [0.15, 0.2) is 42.6 Å². The van der Waals surface area contributed by atoms with Crippen molar-refractivity contribution in [3.8, 4) is 16.9 Å². The van der Waals surface area contributed by atoms with Crippen molar-refractivity contribution in [1.29, 1.82) is 0 Å². The van der Waals surface area contributed by atoms with Crippen molar-refractivity contribution < 1.29 is 5.11 Å². The van der Waals surface area contributed by atoms with E-state index in [2.05, 4.69) is 4.98 Å². The molecule has 2 aromatic rings. The Balaban J connectivity index is 1.92. The van der Waals surface area contributed by atoms with Crippen LogP contribution < -0.4 is 5.73 Å². The number of hydrogen-bond acceptors (Lipinski definition) is 3. The summed E-state index contributed by atoms with van der Waals surface area (Å²) in [4.78, 5) is 4.42. The van der Waals surface area contributed by atoms with Crippen LogP contribution in [-0.2, 0) is 0 Å². The molecule has 3 heteroatoms. The number of phenols is 1. The second-order valence-electron chi connectivity index (χ2n) is 4.49. The van der Waals surface area contributed by atoms with Crippen LogP contribution in [0.2, 0.25) is 0 Å². The molecular weight excluding hydrogens is 212 g/mol. The number of nitrogens with zero attached hydrogens (tertiary/aromatic N) is 1. The number of hydrogen-bond donors (Lipinski definition) is 2. The van der Waals surface area contributed by atoms with Gasteiger partial charge in [0.25, 0.3) is 0 Å². The Bertz CT molecular complexity index is 536. The molecule has 0 spiro atoms. The molecule has 2 atom stereocenters. The van der Waals surface area contributed by atoms with Gasteiger partial charge in [0.2, 0.25) is 0 Å². The van der Waals surface area contributed by atoms with E-state index in [0.29, 0.717) is 5.92 Å². The van der Waals surface area contributed by atoms with Gasteiger partial charge in [0.1, 0.15) is 5.75 Å². The number of nitrogens with two attached hydrogens (primary N) is 1. The number of aromatic nitrogens is 1. The van der Waals surface area contributed by atoms with Crippen molar-refractivity contribution >= 4 is 0 Å². The fraction of sp³-hybridized carbons (Fsp3) is 0.214. The van der Waals surface area contributed by atoms with Gasteiger partial charge in [-0.3, -0.25) is 4.98 Å². The van der Waals surface area contributed by atoms with Gasteiger partial charge >= 0.3 is 0 Å². The molecule has 1 aromatic heterocycles. The Morgan fingerprint density at radius 3 is 2.53 bits per heavy atom. The lowest BCUT2D eigenvalue weighted by Crippen LogP contribution is -2.01. The van der Waals surface area contributed by atoms with Crippen LogP contribution in [0, 0.1) is 0 Å². The van der Waals surface area contributed by atoms with Gasteiger partial charge in [-0.25, -0.2) is 0 Å². The highest BCUT2D eigenvalue weighted by Crippen LogP contribution is 2.38. The van der Waals surface area contributed by atoms with Gasteiger partial charge in [-0.15, -0.1) is 0 Å².